The van der Waals surface area contributed by atoms with E-state index in [1.165, 1.54) is 15.9 Å². The van der Waals surface area contributed by atoms with E-state index in [4.69, 9.17) is 8.85 Å². The van der Waals surface area contributed by atoms with Gasteiger partial charge in [0.1, 0.15) is 11.5 Å². The Bertz CT molecular complexity index is 887. The lowest BCUT2D eigenvalue weighted by molar-refractivity contribution is 0.562. The summed E-state index contributed by atoms with van der Waals surface area (Å²) in [5.74, 6) is 2.01. The second kappa shape index (κ2) is 8.87. The van der Waals surface area contributed by atoms with Gasteiger partial charge in [0.05, 0.1) is 0 Å². The average Bonchev–Trinajstić information content (AvgIpc) is 2.63. The molecule has 0 aromatic heterocycles. The summed E-state index contributed by atoms with van der Waals surface area (Å²) in [6.07, 6.45) is 0. The second-order valence-corrected chi connectivity index (χ2v) is 20.0. The van der Waals surface area contributed by atoms with Crippen LogP contribution in [0.5, 0.6) is 11.5 Å². The highest BCUT2D eigenvalue weighted by atomic mass is 31.1. The Hall–Kier alpha value is -1.88. The fourth-order valence-electron chi connectivity index (χ4n) is 3.10. The van der Waals surface area contributed by atoms with Gasteiger partial charge in [-0.2, -0.15) is 0 Å². The summed E-state index contributed by atoms with van der Waals surface area (Å²) in [6.45, 7) is 13.4. The standard InChI is InChI=1S/C24H31O2PSi2/c1-28(2,3)25-21-16-10-12-18-23(21)27(20-14-8-7-9-15-20)24-19-13-11-17-22(24)26-29(4,5)6/h7-19H,1-6H3. The lowest BCUT2D eigenvalue weighted by Gasteiger charge is -2.29. The highest BCUT2D eigenvalue weighted by Gasteiger charge is 2.27. The molecule has 0 heterocycles. The van der Waals surface area contributed by atoms with E-state index in [-0.39, 0.29) is 0 Å². The van der Waals surface area contributed by atoms with Crippen molar-refractivity contribution in [3.8, 4) is 11.5 Å². The predicted octanol–water partition coefficient (Wildman–Crippen LogP) is 5.87. The molecule has 0 atom stereocenters. The summed E-state index contributed by atoms with van der Waals surface area (Å²) in [4.78, 5) is 0. The Labute approximate surface area is 178 Å². The van der Waals surface area contributed by atoms with E-state index in [1.807, 2.05) is 0 Å². The Balaban J connectivity index is 2.20. The molecule has 152 valence electrons. The first kappa shape index (κ1) is 21.8. The van der Waals surface area contributed by atoms with Crippen LogP contribution in [0.3, 0.4) is 0 Å². The van der Waals surface area contributed by atoms with Gasteiger partial charge in [-0.1, -0.05) is 66.7 Å². The van der Waals surface area contributed by atoms with Crippen LogP contribution in [0.1, 0.15) is 0 Å². The first-order valence-corrected chi connectivity index (χ1v) is 18.2. The summed E-state index contributed by atoms with van der Waals surface area (Å²) in [7, 11) is -4.29. The Morgan fingerprint density at radius 3 is 1.31 bits per heavy atom. The second-order valence-electron chi connectivity index (χ2n) is 9.04. The van der Waals surface area contributed by atoms with E-state index in [0.717, 1.165) is 11.5 Å². The van der Waals surface area contributed by atoms with Crippen LogP contribution in [-0.2, 0) is 0 Å². The molecule has 0 saturated carbocycles. The van der Waals surface area contributed by atoms with Crippen molar-refractivity contribution in [1.29, 1.82) is 0 Å². The topological polar surface area (TPSA) is 18.5 Å². The average molecular weight is 439 g/mol. The zero-order valence-corrected chi connectivity index (χ0v) is 21.2. The van der Waals surface area contributed by atoms with Crippen molar-refractivity contribution in [3.63, 3.8) is 0 Å². The van der Waals surface area contributed by atoms with Crippen LogP contribution >= 0.6 is 7.92 Å². The van der Waals surface area contributed by atoms with Crippen LogP contribution in [0.4, 0.5) is 0 Å². The van der Waals surface area contributed by atoms with Crippen molar-refractivity contribution in [2.75, 3.05) is 0 Å². The maximum absolute atomic E-state index is 6.52. The number of benzene rings is 3. The quantitative estimate of drug-likeness (QED) is 0.339. The minimum atomic E-state index is -1.74. The third-order valence-electron chi connectivity index (χ3n) is 4.06. The summed E-state index contributed by atoms with van der Waals surface area (Å²) < 4.78 is 13.0. The van der Waals surface area contributed by atoms with E-state index in [1.54, 1.807) is 0 Å². The van der Waals surface area contributed by atoms with Gasteiger partial charge in [-0.15, -0.1) is 0 Å². The van der Waals surface area contributed by atoms with Gasteiger partial charge in [-0.3, -0.25) is 0 Å². The molecule has 0 bridgehead atoms. The highest BCUT2D eigenvalue weighted by Crippen LogP contribution is 2.40. The van der Waals surface area contributed by atoms with Crippen molar-refractivity contribution < 1.29 is 8.85 Å². The molecular formula is C24H31O2PSi2. The lowest BCUT2D eigenvalue weighted by Crippen LogP contribution is -2.34. The summed E-state index contributed by atoms with van der Waals surface area (Å²) >= 11 is 0. The Morgan fingerprint density at radius 1 is 0.517 bits per heavy atom. The number of para-hydroxylation sites is 2. The SMILES string of the molecule is C[Si](C)(C)Oc1ccccc1P(c1ccccc1)c1ccccc1O[Si](C)(C)C. The van der Waals surface area contributed by atoms with E-state index < -0.39 is 24.6 Å². The van der Waals surface area contributed by atoms with Gasteiger partial charge in [0, 0.05) is 10.6 Å². The van der Waals surface area contributed by atoms with E-state index >= 15 is 0 Å². The predicted molar refractivity (Wildman–Crippen MR) is 133 cm³/mol. The molecule has 0 radical (unpaired) electrons. The first-order chi connectivity index (χ1) is 13.6. The number of rotatable bonds is 7. The molecule has 0 fully saturated rings. The summed E-state index contributed by atoms with van der Waals surface area (Å²) in [5, 5.41) is 3.81. The van der Waals surface area contributed by atoms with Crippen molar-refractivity contribution >= 4 is 40.5 Å². The van der Waals surface area contributed by atoms with Gasteiger partial charge < -0.3 is 8.85 Å². The maximum Gasteiger partial charge on any atom is 0.242 e. The molecule has 0 unspecified atom stereocenters. The molecule has 3 aromatic rings. The van der Waals surface area contributed by atoms with Gasteiger partial charge >= 0.3 is 0 Å². The van der Waals surface area contributed by atoms with Crippen molar-refractivity contribution in [2.24, 2.45) is 0 Å². The van der Waals surface area contributed by atoms with Gasteiger partial charge in [-0.05, 0) is 64.6 Å². The zero-order chi connectivity index (χ0) is 21.1. The fraction of sp³-hybridized carbons (Fsp3) is 0.250. The Kier molecular flexibility index (Phi) is 6.67. The molecule has 3 rings (SSSR count). The van der Waals surface area contributed by atoms with E-state index in [2.05, 4.69) is 118 Å². The van der Waals surface area contributed by atoms with Crippen molar-refractivity contribution in [2.45, 2.75) is 39.3 Å². The van der Waals surface area contributed by atoms with Gasteiger partial charge in [0.2, 0.25) is 16.6 Å². The van der Waals surface area contributed by atoms with Crippen molar-refractivity contribution in [3.05, 3.63) is 78.9 Å². The van der Waals surface area contributed by atoms with Crippen molar-refractivity contribution in [1.82, 2.24) is 0 Å². The molecule has 2 nitrogen and oxygen atoms in total. The molecule has 5 heteroatoms. The monoisotopic (exact) mass is 438 g/mol. The third-order valence-corrected chi connectivity index (χ3v) is 8.24. The fourth-order valence-corrected chi connectivity index (χ4v) is 7.39. The largest absolute Gasteiger partial charge is 0.544 e. The molecule has 0 N–H and O–H groups in total. The molecular weight excluding hydrogens is 407 g/mol. The van der Waals surface area contributed by atoms with E-state index in [9.17, 15) is 0 Å². The molecule has 0 saturated heterocycles. The Morgan fingerprint density at radius 2 is 0.897 bits per heavy atom. The number of hydrogen-bond acceptors (Lipinski definition) is 2. The van der Waals surface area contributed by atoms with Gasteiger partial charge in [-0.25, -0.2) is 0 Å². The normalized spacial score (nSPS) is 12.1. The summed E-state index contributed by atoms with van der Waals surface area (Å²) in [6, 6.07) is 27.8. The van der Waals surface area contributed by atoms with Crippen LogP contribution in [-0.4, -0.2) is 16.6 Å². The van der Waals surface area contributed by atoms with Gasteiger partial charge in [0.15, 0.2) is 0 Å². The van der Waals surface area contributed by atoms with E-state index in [0.29, 0.717) is 0 Å². The third kappa shape index (κ3) is 6.05. The van der Waals surface area contributed by atoms with Crippen LogP contribution in [0.25, 0.3) is 0 Å². The molecule has 3 aromatic carbocycles. The minimum absolute atomic E-state index is 0.799. The minimum Gasteiger partial charge on any atom is -0.544 e. The van der Waals surface area contributed by atoms with Crippen LogP contribution < -0.4 is 24.8 Å². The van der Waals surface area contributed by atoms with Crippen LogP contribution in [0.15, 0.2) is 78.9 Å². The number of hydrogen-bond donors (Lipinski definition) is 0. The molecule has 29 heavy (non-hydrogen) atoms. The lowest BCUT2D eigenvalue weighted by atomic mass is 10.3. The maximum atomic E-state index is 6.52. The molecule has 0 aliphatic carbocycles. The molecule has 0 aliphatic rings. The zero-order valence-electron chi connectivity index (χ0n) is 18.3. The summed E-state index contributed by atoms with van der Waals surface area (Å²) in [5.41, 5.74) is 0. The smallest absolute Gasteiger partial charge is 0.242 e. The van der Waals surface area contributed by atoms with Crippen LogP contribution in [0, 0.1) is 0 Å². The van der Waals surface area contributed by atoms with Crippen LogP contribution in [0.2, 0.25) is 39.3 Å². The first-order valence-electron chi connectivity index (χ1n) is 10.1. The molecule has 0 aliphatic heterocycles. The molecule has 0 spiro atoms. The van der Waals surface area contributed by atoms with Gasteiger partial charge in [0.25, 0.3) is 0 Å². The highest BCUT2D eigenvalue weighted by molar-refractivity contribution is 7.80. The molecule has 0 amide bonds.